The molecule has 5 N–H and O–H groups in total. The van der Waals surface area contributed by atoms with E-state index in [9.17, 15) is 30.0 Å². The first kappa shape index (κ1) is 56.9. The zero-order valence-electron chi connectivity index (χ0n) is 43.1. The van der Waals surface area contributed by atoms with Gasteiger partial charge in [-0.25, -0.2) is 9.48 Å². The fourth-order valence-electron chi connectivity index (χ4n) is 10.5. The Kier molecular flexibility index (Phi) is 19.5. The number of alkyl carbamates (subject to hydrolysis) is 1. The number of carbonyl (C=O) groups excluding carboxylic acids is 2. The number of aliphatic hydroxyl groups excluding tert-OH is 2. The molecule has 0 bridgehead atoms. The second kappa shape index (κ2) is 23.7. The number of halogens is 1. The van der Waals surface area contributed by atoms with E-state index in [1.807, 2.05) is 56.9 Å². The summed E-state index contributed by atoms with van der Waals surface area (Å²) in [5.41, 5.74) is -3.16. The standard InChI is InChI=1S/C49H81ClN6O13/c1-15-37-49(10,62)41(58)31(6)55(13)24-27(2)21-47(8,61)42(68-45-39(57)36(54(11)12)20-28(3)64-45)29(4)40(30(5)44(59)66-37)67-38-22-48(9,63-14)43(32(7)65-38)69-46(60)51-23-35-26-56(53-52-35)25-33-16-18-34(50)19-17-33/h16-19,26-32,36-43,45,57-58,61-62H,15,20-25H2,1-14H3,(H,51,60)/t27-,28-,29+,30-,31-,32+,36+,37+,38+,39-,40-,41+,42-,43+,45+,47-,48-,49-/m1/s1. The van der Waals surface area contributed by atoms with E-state index in [-0.39, 0.29) is 43.9 Å². The first-order valence-corrected chi connectivity index (χ1v) is 24.7. The third-order valence-corrected chi connectivity index (χ3v) is 14.9. The number of aromatic nitrogens is 3. The fourth-order valence-corrected chi connectivity index (χ4v) is 10.7. The van der Waals surface area contributed by atoms with Crippen LogP contribution in [0.5, 0.6) is 0 Å². The van der Waals surface area contributed by atoms with Crippen molar-refractivity contribution >= 4 is 23.7 Å². The first-order valence-electron chi connectivity index (χ1n) is 24.3. The minimum Gasteiger partial charge on any atom is -0.459 e. The molecule has 392 valence electrons. The van der Waals surface area contributed by atoms with Crippen LogP contribution in [0.4, 0.5) is 4.79 Å². The van der Waals surface area contributed by atoms with Gasteiger partial charge < -0.3 is 68.7 Å². The SMILES string of the molecule is CC[C@@H]1OC(=O)[C@H](C)[C@H](O[C@H]2C[C@@](C)(OC)[C@@H](OC(=O)NCc3cn(Cc4ccc(Cl)cc4)nn3)[C@H](C)O2)[C@H](C)[C@@H](O[C@@H]2O[C@H](C)C[C@H](N(C)C)[C@H]2O)[C@](C)(O)C[C@@H](C)CN(C)[C@H](C)[C@H](O)[C@]1(C)O. The highest BCUT2D eigenvalue weighted by Crippen LogP contribution is 2.41. The van der Waals surface area contributed by atoms with Crippen LogP contribution in [0.3, 0.4) is 0 Å². The highest BCUT2D eigenvalue weighted by molar-refractivity contribution is 6.30. The van der Waals surface area contributed by atoms with Crippen molar-refractivity contribution < 1.29 is 63.2 Å². The van der Waals surface area contributed by atoms with Crippen molar-refractivity contribution in [3.05, 3.63) is 46.7 Å². The lowest BCUT2D eigenvalue weighted by Gasteiger charge is -2.49. The lowest BCUT2D eigenvalue weighted by atomic mass is 9.77. The van der Waals surface area contributed by atoms with Crippen LogP contribution in [0.1, 0.15) is 106 Å². The molecule has 3 aliphatic rings. The highest BCUT2D eigenvalue weighted by atomic mass is 35.5. The maximum atomic E-state index is 14.5. The van der Waals surface area contributed by atoms with Crippen LogP contribution in [0.2, 0.25) is 5.02 Å². The van der Waals surface area contributed by atoms with E-state index in [4.69, 9.17) is 44.8 Å². The van der Waals surface area contributed by atoms with E-state index in [0.29, 0.717) is 30.2 Å². The summed E-state index contributed by atoms with van der Waals surface area (Å²) in [5, 5.41) is 59.7. The van der Waals surface area contributed by atoms with Gasteiger partial charge in [0.2, 0.25) is 0 Å². The number of amides is 1. The minimum absolute atomic E-state index is 0.0317. The van der Waals surface area contributed by atoms with Crippen molar-refractivity contribution in [2.45, 2.75) is 198 Å². The number of nitrogens with one attached hydrogen (secondary N) is 1. The van der Waals surface area contributed by atoms with Gasteiger partial charge >= 0.3 is 12.1 Å². The Hall–Kier alpha value is -3.05. The zero-order chi connectivity index (χ0) is 51.3. The number of aliphatic hydroxyl groups is 4. The monoisotopic (exact) mass is 997 g/mol. The highest BCUT2D eigenvalue weighted by Gasteiger charge is 2.54. The van der Waals surface area contributed by atoms with Crippen LogP contribution in [-0.4, -0.2) is 182 Å². The molecule has 69 heavy (non-hydrogen) atoms. The van der Waals surface area contributed by atoms with Crippen molar-refractivity contribution in [2.75, 3.05) is 34.8 Å². The molecule has 1 amide bonds. The number of rotatable bonds is 12. The molecule has 1 aromatic carbocycles. The summed E-state index contributed by atoms with van der Waals surface area (Å²) >= 11 is 6.02. The molecule has 0 radical (unpaired) electrons. The number of esters is 1. The minimum atomic E-state index is -1.85. The molecule has 1 aromatic heterocycles. The van der Waals surface area contributed by atoms with Crippen molar-refractivity contribution in [3.63, 3.8) is 0 Å². The van der Waals surface area contributed by atoms with Crippen molar-refractivity contribution in [1.82, 2.24) is 30.1 Å². The van der Waals surface area contributed by atoms with Crippen LogP contribution in [0, 0.1) is 17.8 Å². The summed E-state index contributed by atoms with van der Waals surface area (Å²) in [6.45, 7) is 18.4. The predicted molar refractivity (Wildman–Crippen MR) is 256 cm³/mol. The summed E-state index contributed by atoms with van der Waals surface area (Å²) in [6.07, 6.45) is -8.07. The van der Waals surface area contributed by atoms with E-state index in [1.165, 1.54) is 14.0 Å². The van der Waals surface area contributed by atoms with Crippen molar-refractivity contribution in [1.29, 1.82) is 0 Å². The van der Waals surface area contributed by atoms with Gasteiger partial charge in [-0.05, 0) is 112 Å². The summed E-state index contributed by atoms with van der Waals surface area (Å²) in [5.74, 6) is -2.84. The van der Waals surface area contributed by atoms with Gasteiger partial charge in [-0.2, -0.15) is 0 Å². The molecule has 4 heterocycles. The Bertz CT molecular complexity index is 1960. The van der Waals surface area contributed by atoms with Crippen LogP contribution < -0.4 is 5.32 Å². The Balaban J connectivity index is 1.43. The van der Waals surface area contributed by atoms with Gasteiger partial charge in [0, 0.05) is 43.1 Å². The molecule has 18 atom stereocenters. The average molecular weight is 998 g/mol. The zero-order valence-corrected chi connectivity index (χ0v) is 43.8. The van der Waals surface area contributed by atoms with Gasteiger partial charge in [0.1, 0.15) is 35.2 Å². The summed E-state index contributed by atoms with van der Waals surface area (Å²) in [4.78, 5) is 31.7. The number of carbonyl (C=O) groups is 2. The summed E-state index contributed by atoms with van der Waals surface area (Å²) in [7, 11) is 7.08. The Morgan fingerprint density at radius 1 is 1.00 bits per heavy atom. The molecule has 0 spiro atoms. The number of hydrogen-bond donors (Lipinski definition) is 5. The number of nitrogens with zero attached hydrogens (tertiary/aromatic N) is 5. The van der Waals surface area contributed by atoms with E-state index >= 15 is 0 Å². The van der Waals surface area contributed by atoms with E-state index < -0.39 is 102 Å². The molecule has 0 saturated carbocycles. The summed E-state index contributed by atoms with van der Waals surface area (Å²) in [6, 6.07) is 6.49. The summed E-state index contributed by atoms with van der Waals surface area (Å²) < 4.78 is 46.3. The Morgan fingerprint density at radius 3 is 2.29 bits per heavy atom. The number of ether oxygens (including phenoxy) is 7. The number of benzene rings is 1. The maximum absolute atomic E-state index is 14.5. The van der Waals surface area contributed by atoms with Gasteiger partial charge in [-0.15, -0.1) is 5.10 Å². The molecule has 3 aliphatic heterocycles. The van der Waals surface area contributed by atoms with Gasteiger partial charge in [0.15, 0.2) is 18.7 Å². The van der Waals surface area contributed by atoms with Gasteiger partial charge in [-0.3, -0.25) is 4.79 Å². The van der Waals surface area contributed by atoms with Gasteiger partial charge in [-0.1, -0.05) is 49.7 Å². The largest absolute Gasteiger partial charge is 0.459 e. The fraction of sp³-hybridized carbons (Fsp3) is 0.796. The third kappa shape index (κ3) is 13.9. The first-order chi connectivity index (χ1) is 32.2. The number of methoxy groups -OCH3 is 1. The second-order valence-electron chi connectivity index (χ2n) is 20.9. The molecule has 19 nitrogen and oxygen atoms in total. The van der Waals surface area contributed by atoms with E-state index in [2.05, 4.69) is 15.6 Å². The smallest absolute Gasteiger partial charge is 0.407 e. The molecule has 0 aliphatic carbocycles. The maximum Gasteiger partial charge on any atom is 0.407 e. The number of hydrogen-bond acceptors (Lipinski definition) is 17. The number of likely N-dealkylation sites (N-methyl/N-ethyl adjacent to an activating group) is 2. The molecule has 20 heteroatoms. The Labute approximate surface area is 413 Å². The van der Waals surface area contributed by atoms with Crippen molar-refractivity contribution in [3.8, 4) is 0 Å². The molecule has 5 rings (SSSR count). The molecule has 3 fully saturated rings. The average Bonchev–Trinajstić information content (AvgIpc) is 3.73. The Morgan fingerprint density at radius 2 is 1.67 bits per heavy atom. The van der Waals surface area contributed by atoms with Gasteiger partial charge in [0.05, 0.1) is 55.2 Å². The molecule has 3 saturated heterocycles. The lowest BCUT2D eigenvalue weighted by molar-refractivity contribution is -0.317. The predicted octanol–water partition coefficient (Wildman–Crippen LogP) is 4.13. The third-order valence-electron chi connectivity index (χ3n) is 14.7. The number of cyclic esters (lactones) is 1. The van der Waals surface area contributed by atoms with Crippen LogP contribution in [0.25, 0.3) is 0 Å². The quantitative estimate of drug-likeness (QED) is 0.188. The van der Waals surface area contributed by atoms with Gasteiger partial charge in [0.25, 0.3) is 0 Å². The second-order valence-corrected chi connectivity index (χ2v) is 21.4. The molecule has 0 unspecified atom stereocenters. The molecular formula is C49H81ClN6O13. The normalized spacial score (nSPS) is 40.1. The van der Waals surface area contributed by atoms with E-state index in [1.54, 1.807) is 71.5 Å². The van der Waals surface area contributed by atoms with Crippen LogP contribution in [-0.2, 0) is 51.0 Å². The molecular weight excluding hydrogens is 916 g/mol. The van der Waals surface area contributed by atoms with Crippen molar-refractivity contribution in [2.24, 2.45) is 17.8 Å². The molecule has 2 aromatic rings. The van der Waals surface area contributed by atoms with Crippen LogP contribution in [0.15, 0.2) is 30.5 Å². The lowest BCUT2D eigenvalue weighted by Crippen LogP contribution is -2.61. The van der Waals surface area contributed by atoms with E-state index in [0.717, 1.165) is 5.56 Å². The van der Waals surface area contributed by atoms with Crippen LogP contribution >= 0.6 is 11.6 Å². The topological polar surface area (TPSA) is 229 Å².